The Kier molecular flexibility index (Phi) is 4.70. The molecular weight excluding hydrogens is 366 g/mol. The largest absolute Gasteiger partial charge is 0.356 e. The summed E-state index contributed by atoms with van der Waals surface area (Å²) in [4.78, 5) is 26.9. The molecule has 6 nitrogen and oxygen atoms in total. The fourth-order valence-corrected chi connectivity index (χ4v) is 3.52. The molecule has 0 bridgehead atoms. The molecule has 3 amide bonds. The van der Waals surface area contributed by atoms with E-state index in [0.29, 0.717) is 17.4 Å². The first kappa shape index (κ1) is 18.9. The molecule has 4 rings (SSSR count). The number of imide groups is 1. The third-order valence-electron chi connectivity index (χ3n) is 5.37. The van der Waals surface area contributed by atoms with Gasteiger partial charge in [-0.2, -0.15) is 0 Å². The van der Waals surface area contributed by atoms with E-state index in [4.69, 9.17) is 4.52 Å². The molecule has 1 N–H and O–H groups in total. The lowest BCUT2D eigenvalue weighted by molar-refractivity contribution is -0.131. The number of carbonyl (C=O) groups is 2. The summed E-state index contributed by atoms with van der Waals surface area (Å²) in [7, 11) is 0. The van der Waals surface area contributed by atoms with Crippen molar-refractivity contribution in [2.75, 3.05) is 0 Å². The highest BCUT2D eigenvalue weighted by molar-refractivity contribution is 6.07. The van der Waals surface area contributed by atoms with Crippen molar-refractivity contribution in [1.29, 1.82) is 0 Å². The molecular formula is C23H23N3O3. The van der Waals surface area contributed by atoms with Crippen molar-refractivity contribution >= 4 is 11.9 Å². The quantitative estimate of drug-likeness (QED) is 0.655. The summed E-state index contributed by atoms with van der Waals surface area (Å²) in [6.45, 7) is 6.02. The van der Waals surface area contributed by atoms with Crippen LogP contribution in [-0.2, 0) is 16.9 Å². The summed E-state index contributed by atoms with van der Waals surface area (Å²) < 4.78 is 5.38. The van der Waals surface area contributed by atoms with E-state index in [9.17, 15) is 9.59 Å². The molecule has 1 aliphatic rings. The van der Waals surface area contributed by atoms with Gasteiger partial charge in [0, 0.05) is 11.6 Å². The van der Waals surface area contributed by atoms with Crippen molar-refractivity contribution in [2.24, 2.45) is 0 Å². The molecule has 1 saturated heterocycles. The maximum atomic E-state index is 13.1. The third-order valence-corrected chi connectivity index (χ3v) is 5.37. The molecule has 29 heavy (non-hydrogen) atoms. The minimum absolute atomic E-state index is 0.0562. The fourth-order valence-electron chi connectivity index (χ4n) is 3.52. The van der Waals surface area contributed by atoms with Crippen LogP contribution < -0.4 is 5.32 Å². The van der Waals surface area contributed by atoms with Crippen LogP contribution >= 0.6 is 0 Å². The number of rotatable bonds is 5. The molecule has 6 heteroatoms. The molecule has 148 valence electrons. The average molecular weight is 389 g/mol. The van der Waals surface area contributed by atoms with Crippen LogP contribution in [0.5, 0.6) is 0 Å². The zero-order valence-electron chi connectivity index (χ0n) is 16.7. The number of benzene rings is 2. The highest BCUT2D eigenvalue weighted by Crippen LogP contribution is 2.31. The second-order valence-corrected chi connectivity index (χ2v) is 7.77. The van der Waals surface area contributed by atoms with Crippen LogP contribution in [0.2, 0.25) is 0 Å². The van der Waals surface area contributed by atoms with E-state index < -0.39 is 11.6 Å². The van der Waals surface area contributed by atoms with Crippen LogP contribution in [0.3, 0.4) is 0 Å². The lowest BCUT2D eigenvalue weighted by atomic mass is 9.90. The number of aromatic nitrogens is 1. The lowest BCUT2D eigenvalue weighted by Crippen LogP contribution is -2.40. The van der Waals surface area contributed by atoms with E-state index >= 15 is 0 Å². The van der Waals surface area contributed by atoms with Gasteiger partial charge in [-0.15, -0.1) is 0 Å². The van der Waals surface area contributed by atoms with Crippen molar-refractivity contribution in [1.82, 2.24) is 15.4 Å². The van der Waals surface area contributed by atoms with Crippen molar-refractivity contribution < 1.29 is 14.1 Å². The molecule has 1 unspecified atom stereocenters. The number of urea groups is 1. The van der Waals surface area contributed by atoms with E-state index in [2.05, 4.69) is 24.3 Å². The number of hydrogen-bond donors (Lipinski definition) is 1. The average Bonchev–Trinajstić information content (AvgIpc) is 3.28. The van der Waals surface area contributed by atoms with Gasteiger partial charge in [0.05, 0.1) is 6.54 Å². The molecule has 0 radical (unpaired) electrons. The molecule has 1 aliphatic heterocycles. The summed E-state index contributed by atoms with van der Waals surface area (Å²) in [6, 6.07) is 18.7. The van der Waals surface area contributed by atoms with E-state index in [-0.39, 0.29) is 12.5 Å². The molecule has 1 aromatic heterocycles. The van der Waals surface area contributed by atoms with Gasteiger partial charge in [0.1, 0.15) is 11.2 Å². The van der Waals surface area contributed by atoms with Crippen LogP contribution in [0.15, 0.2) is 65.2 Å². The number of amides is 3. The normalized spacial score (nSPS) is 19.1. The lowest BCUT2D eigenvalue weighted by Gasteiger charge is -2.22. The van der Waals surface area contributed by atoms with Crippen LogP contribution in [-0.4, -0.2) is 22.0 Å². The maximum absolute atomic E-state index is 13.1. The first-order chi connectivity index (χ1) is 13.9. The second kappa shape index (κ2) is 7.20. The number of nitrogens with one attached hydrogen (secondary N) is 1. The summed E-state index contributed by atoms with van der Waals surface area (Å²) in [5.74, 6) is 0.692. The Balaban J connectivity index is 1.55. The van der Waals surface area contributed by atoms with Crippen LogP contribution in [0.4, 0.5) is 4.79 Å². The van der Waals surface area contributed by atoms with Gasteiger partial charge >= 0.3 is 6.03 Å². The summed E-state index contributed by atoms with van der Waals surface area (Å²) in [5, 5.41) is 6.86. The highest BCUT2D eigenvalue weighted by Gasteiger charge is 2.49. The first-order valence-corrected chi connectivity index (χ1v) is 9.64. The van der Waals surface area contributed by atoms with E-state index in [0.717, 1.165) is 11.1 Å². The van der Waals surface area contributed by atoms with Gasteiger partial charge in [-0.05, 0) is 24.0 Å². The predicted octanol–water partition coefficient (Wildman–Crippen LogP) is 4.43. The van der Waals surface area contributed by atoms with E-state index in [1.165, 1.54) is 10.5 Å². The van der Waals surface area contributed by atoms with Crippen LogP contribution in [0.1, 0.15) is 43.5 Å². The van der Waals surface area contributed by atoms with Crippen molar-refractivity contribution in [3.05, 3.63) is 77.5 Å². The molecule has 3 aromatic rings. The summed E-state index contributed by atoms with van der Waals surface area (Å²) >= 11 is 0. The van der Waals surface area contributed by atoms with Gasteiger partial charge in [0.15, 0.2) is 5.76 Å². The summed E-state index contributed by atoms with van der Waals surface area (Å²) in [5.41, 5.74) is 2.25. The first-order valence-electron chi connectivity index (χ1n) is 9.64. The van der Waals surface area contributed by atoms with Crippen molar-refractivity contribution in [3.8, 4) is 11.3 Å². The second-order valence-electron chi connectivity index (χ2n) is 7.77. The SMILES string of the molecule is CC(C)c1ccc(C2(C)NC(=O)N(Cc3cc(-c4ccccc4)on3)C2=O)cc1. The van der Waals surface area contributed by atoms with Crippen molar-refractivity contribution in [3.63, 3.8) is 0 Å². The Hall–Kier alpha value is -3.41. The summed E-state index contributed by atoms with van der Waals surface area (Å²) in [6.07, 6.45) is 0. The van der Waals surface area contributed by atoms with E-state index in [1.54, 1.807) is 13.0 Å². The smallest absolute Gasteiger partial charge is 0.325 e. The Morgan fingerprint density at radius 2 is 1.76 bits per heavy atom. The minimum Gasteiger partial charge on any atom is -0.356 e. The van der Waals surface area contributed by atoms with Crippen LogP contribution in [0.25, 0.3) is 11.3 Å². The number of carbonyl (C=O) groups excluding carboxylic acids is 2. The zero-order valence-corrected chi connectivity index (χ0v) is 16.7. The monoisotopic (exact) mass is 389 g/mol. The minimum atomic E-state index is -1.10. The van der Waals surface area contributed by atoms with Crippen LogP contribution in [0, 0.1) is 0 Å². The Bertz CT molecular complexity index is 1040. The van der Waals surface area contributed by atoms with Gasteiger partial charge in [0.25, 0.3) is 5.91 Å². The standard InChI is InChI=1S/C23H23N3O3/c1-15(2)16-9-11-18(12-10-16)23(3)21(27)26(22(28)24-23)14-19-13-20(29-25-19)17-7-5-4-6-8-17/h4-13,15H,14H2,1-3H3,(H,24,28). The topological polar surface area (TPSA) is 75.4 Å². The molecule has 0 saturated carbocycles. The molecule has 0 spiro atoms. The fraction of sp³-hybridized carbons (Fsp3) is 0.261. The van der Waals surface area contributed by atoms with Gasteiger partial charge in [0.2, 0.25) is 0 Å². The zero-order chi connectivity index (χ0) is 20.6. The predicted molar refractivity (Wildman–Crippen MR) is 109 cm³/mol. The van der Waals surface area contributed by atoms with Gasteiger partial charge < -0.3 is 9.84 Å². The molecule has 2 heterocycles. The number of hydrogen-bond acceptors (Lipinski definition) is 4. The maximum Gasteiger partial charge on any atom is 0.325 e. The van der Waals surface area contributed by atoms with Gasteiger partial charge in [-0.1, -0.05) is 73.6 Å². The molecule has 1 atom stereocenters. The Morgan fingerprint density at radius 3 is 2.41 bits per heavy atom. The van der Waals surface area contributed by atoms with E-state index in [1.807, 2.05) is 54.6 Å². The molecule has 0 aliphatic carbocycles. The molecule has 2 aromatic carbocycles. The van der Waals surface area contributed by atoms with Gasteiger partial charge in [-0.25, -0.2) is 4.79 Å². The highest BCUT2D eigenvalue weighted by atomic mass is 16.5. The Morgan fingerprint density at radius 1 is 1.07 bits per heavy atom. The number of nitrogens with zero attached hydrogens (tertiary/aromatic N) is 2. The third kappa shape index (κ3) is 3.42. The molecule has 1 fully saturated rings. The van der Waals surface area contributed by atoms with Crippen molar-refractivity contribution in [2.45, 2.75) is 38.8 Å². The van der Waals surface area contributed by atoms with Gasteiger partial charge in [-0.3, -0.25) is 9.69 Å². The Labute approximate surface area is 169 Å².